The minimum atomic E-state index is -0.429. The van der Waals surface area contributed by atoms with Crippen molar-refractivity contribution in [3.8, 4) is 0 Å². The van der Waals surface area contributed by atoms with Gasteiger partial charge in [-0.1, -0.05) is 11.6 Å². The van der Waals surface area contributed by atoms with Crippen molar-refractivity contribution in [2.45, 2.75) is 12.8 Å². The Morgan fingerprint density at radius 2 is 2.33 bits per heavy atom. The largest absolute Gasteiger partial charge is 0.227 e. The summed E-state index contributed by atoms with van der Waals surface area (Å²) in [6.07, 6.45) is 2.78. The molecule has 1 aromatic heterocycles. The highest BCUT2D eigenvalue weighted by Gasteiger charge is 2.02. The number of hydrogen-bond donors (Lipinski definition) is 1. The minimum absolute atomic E-state index is 0.429. The number of thiol groups is 1. The van der Waals surface area contributed by atoms with Gasteiger partial charge in [0.05, 0.1) is 5.02 Å². The maximum atomic E-state index is 12.9. The van der Waals surface area contributed by atoms with E-state index in [1.54, 1.807) is 6.07 Å². The van der Waals surface area contributed by atoms with Crippen molar-refractivity contribution in [1.29, 1.82) is 0 Å². The van der Waals surface area contributed by atoms with Crippen molar-refractivity contribution >= 4 is 24.2 Å². The zero-order valence-electron chi connectivity index (χ0n) is 6.43. The number of aromatic nitrogens is 1. The SMILES string of the molecule is Fc1ncc(Cl)cc1CCCS. The molecule has 66 valence electrons. The van der Waals surface area contributed by atoms with Crippen LogP contribution in [-0.4, -0.2) is 10.7 Å². The van der Waals surface area contributed by atoms with Crippen LogP contribution in [0.5, 0.6) is 0 Å². The number of halogens is 2. The molecule has 0 amide bonds. The summed E-state index contributed by atoms with van der Waals surface area (Å²) in [4.78, 5) is 3.51. The number of hydrogen-bond acceptors (Lipinski definition) is 2. The molecule has 0 aliphatic carbocycles. The smallest absolute Gasteiger partial charge is 0.216 e. The molecule has 0 spiro atoms. The van der Waals surface area contributed by atoms with E-state index in [-0.39, 0.29) is 0 Å². The van der Waals surface area contributed by atoms with Gasteiger partial charge in [0, 0.05) is 11.8 Å². The van der Waals surface area contributed by atoms with Gasteiger partial charge >= 0.3 is 0 Å². The maximum absolute atomic E-state index is 12.9. The predicted octanol–water partition coefficient (Wildman–Crippen LogP) is 2.74. The van der Waals surface area contributed by atoms with Crippen LogP contribution < -0.4 is 0 Å². The van der Waals surface area contributed by atoms with E-state index in [9.17, 15) is 4.39 Å². The topological polar surface area (TPSA) is 12.9 Å². The normalized spacial score (nSPS) is 10.2. The number of nitrogens with zero attached hydrogens (tertiary/aromatic N) is 1. The number of rotatable bonds is 3. The van der Waals surface area contributed by atoms with Crippen molar-refractivity contribution in [2.75, 3.05) is 5.75 Å². The van der Waals surface area contributed by atoms with Crippen LogP contribution in [-0.2, 0) is 6.42 Å². The molecule has 0 saturated carbocycles. The van der Waals surface area contributed by atoms with E-state index in [1.165, 1.54) is 6.20 Å². The van der Waals surface area contributed by atoms with Crippen molar-refractivity contribution in [3.05, 3.63) is 28.8 Å². The lowest BCUT2D eigenvalue weighted by Gasteiger charge is -2.00. The Morgan fingerprint density at radius 1 is 1.58 bits per heavy atom. The summed E-state index contributed by atoms with van der Waals surface area (Å²) in [7, 11) is 0. The predicted molar refractivity (Wildman–Crippen MR) is 51.4 cm³/mol. The molecule has 0 aliphatic heterocycles. The molecule has 0 fully saturated rings. The highest BCUT2D eigenvalue weighted by atomic mass is 35.5. The summed E-state index contributed by atoms with van der Waals surface area (Å²) >= 11 is 9.68. The third kappa shape index (κ3) is 2.64. The summed E-state index contributed by atoms with van der Waals surface area (Å²) in [5.41, 5.74) is 0.566. The lowest BCUT2D eigenvalue weighted by molar-refractivity contribution is 0.565. The van der Waals surface area contributed by atoms with Gasteiger partial charge in [0.2, 0.25) is 5.95 Å². The van der Waals surface area contributed by atoms with E-state index in [2.05, 4.69) is 17.6 Å². The zero-order valence-corrected chi connectivity index (χ0v) is 8.08. The molecule has 12 heavy (non-hydrogen) atoms. The summed E-state index contributed by atoms with van der Waals surface area (Å²) in [5, 5.41) is 0.477. The second kappa shape index (κ2) is 4.67. The average molecular weight is 206 g/mol. The Balaban J connectivity index is 2.75. The van der Waals surface area contributed by atoms with Crippen LogP contribution in [0.4, 0.5) is 4.39 Å². The summed E-state index contributed by atoms with van der Waals surface area (Å²) in [6.45, 7) is 0. The van der Waals surface area contributed by atoms with Crippen LogP contribution in [0.2, 0.25) is 5.02 Å². The van der Waals surface area contributed by atoms with Gasteiger partial charge in [-0.25, -0.2) is 4.98 Å². The summed E-state index contributed by atoms with van der Waals surface area (Å²) in [6, 6.07) is 1.60. The van der Waals surface area contributed by atoms with E-state index in [0.29, 0.717) is 17.0 Å². The Labute approximate surface area is 81.4 Å². The van der Waals surface area contributed by atoms with Crippen molar-refractivity contribution in [2.24, 2.45) is 0 Å². The molecule has 1 aromatic rings. The van der Waals surface area contributed by atoms with E-state index < -0.39 is 5.95 Å². The van der Waals surface area contributed by atoms with Gasteiger partial charge < -0.3 is 0 Å². The van der Waals surface area contributed by atoms with Crippen molar-refractivity contribution in [3.63, 3.8) is 0 Å². The minimum Gasteiger partial charge on any atom is -0.227 e. The zero-order chi connectivity index (χ0) is 8.97. The maximum Gasteiger partial charge on any atom is 0.216 e. The summed E-state index contributed by atoms with van der Waals surface area (Å²) < 4.78 is 12.9. The highest BCUT2D eigenvalue weighted by Crippen LogP contribution is 2.13. The summed E-state index contributed by atoms with van der Waals surface area (Å²) in [5.74, 6) is 0.313. The van der Waals surface area contributed by atoms with Crippen LogP contribution in [0.15, 0.2) is 12.3 Å². The Kier molecular flexibility index (Phi) is 3.82. The molecule has 0 N–H and O–H groups in total. The molecular formula is C8H9ClFNS. The van der Waals surface area contributed by atoms with Crippen LogP contribution >= 0.6 is 24.2 Å². The first-order chi connectivity index (χ1) is 5.74. The fourth-order valence-corrected chi connectivity index (χ4v) is 1.25. The van der Waals surface area contributed by atoms with Gasteiger partial charge in [-0.15, -0.1) is 0 Å². The Hall–Kier alpha value is -0.280. The molecule has 0 bridgehead atoms. The lowest BCUT2D eigenvalue weighted by Crippen LogP contribution is -1.94. The molecule has 1 nitrogen and oxygen atoms in total. The molecular weight excluding hydrogens is 197 g/mol. The third-order valence-electron chi connectivity index (χ3n) is 1.48. The van der Waals surface area contributed by atoms with Crippen LogP contribution in [0.1, 0.15) is 12.0 Å². The first kappa shape index (κ1) is 9.81. The fraction of sp³-hybridized carbons (Fsp3) is 0.375. The number of pyridine rings is 1. The van der Waals surface area contributed by atoms with Gasteiger partial charge in [-0.3, -0.25) is 0 Å². The Morgan fingerprint density at radius 3 is 3.00 bits per heavy atom. The lowest BCUT2D eigenvalue weighted by atomic mass is 10.2. The first-order valence-corrected chi connectivity index (χ1v) is 4.66. The quantitative estimate of drug-likeness (QED) is 0.592. The highest BCUT2D eigenvalue weighted by molar-refractivity contribution is 7.80. The first-order valence-electron chi connectivity index (χ1n) is 3.65. The fourth-order valence-electron chi connectivity index (χ4n) is 0.909. The van der Waals surface area contributed by atoms with Crippen LogP contribution in [0.3, 0.4) is 0 Å². The molecule has 1 rings (SSSR count). The molecule has 0 saturated heterocycles. The third-order valence-corrected chi connectivity index (χ3v) is 2.01. The molecule has 0 aromatic carbocycles. The molecule has 0 aliphatic rings. The second-order valence-corrected chi connectivity index (χ2v) is 3.31. The molecule has 0 unspecified atom stereocenters. The number of aryl methyl sites for hydroxylation is 1. The Bertz CT molecular complexity index is 267. The van der Waals surface area contributed by atoms with Gasteiger partial charge in [-0.05, 0) is 24.7 Å². The van der Waals surface area contributed by atoms with E-state index in [1.807, 2.05) is 0 Å². The average Bonchev–Trinajstić information content (AvgIpc) is 2.07. The van der Waals surface area contributed by atoms with E-state index in [0.717, 1.165) is 12.2 Å². The van der Waals surface area contributed by atoms with E-state index >= 15 is 0 Å². The molecule has 4 heteroatoms. The van der Waals surface area contributed by atoms with Gasteiger partial charge in [0.1, 0.15) is 0 Å². The molecule has 1 heterocycles. The van der Waals surface area contributed by atoms with Crippen LogP contribution in [0.25, 0.3) is 0 Å². The molecule has 0 radical (unpaired) electrons. The van der Waals surface area contributed by atoms with Crippen LogP contribution in [0, 0.1) is 5.95 Å². The second-order valence-electron chi connectivity index (χ2n) is 2.43. The van der Waals surface area contributed by atoms with Gasteiger partial charge in [-0.2, -0.15) is 17.0 Å². The monoisotopic (exact) mass is 205 g/mol. The van der Waals surface area contributed by atoms with E-state index in [4.69, 9.17) is 11.6 Å². The standard InChI is InChI=1S/C8H9ClFNS/c9-7-4-6(2-1-3-12)8(10)11-5-7/h4-5,12H,1-3H2. The van der Waals surface area contributed by atoms with Gasteiger partial charge in [0.25, 0.3) is 0 Å². The van der Waals surface area contributed by atoms with Crippen molar-refractivity contribution in [1.82, 2.24) is 4.98 Å². The van der Waals surface area contributed by atoms with Crippen molar-refractivity contribution < 1.29 is 4.39 Å². The van der Waals surface area contributed by atoms with Gasteiger partial charge in [0.15, 0.2) is 0 Å². The molecule has 0 atom stereocenters.